The lowest BCUT2D eigenvalue weighted by atomic mass is 10.1. The average Bonchev–Trinajstić information content (AvgIpc) is 3.65. The predicted molar refractivity (Wildman–Crippen MR) is 121 cm³/mol. The minimum absolute atomic E-state index is 0.0669. The standard InChI is InChI=1S/C23H25ClF3N5O2/c24-16-5-6-18(23(25,26)27)17(14-16)22(34)32-12-10-31(11-13-32)20-8-7-19(29-30-20)21(33)28-9-1-2-15-3-4-15/h5-8,14-15H,1-4,9-13H2,(H,28,33). The molecule has 1 aliphatic heterocycles. The van der Waals surface area contributed by atoms with Crippen LogP contribution in [0, 0.1) is 5.92 Å². The molecule has 1 aromatic heterocycles. The molecule has 1 N–H and O–H groups in total. The number of carbonyl (C=O) groups excluding carboxylic acids is 2. The van der Waals surface area contributed by atoms with Gasteiger partial charge in [-0.25, -0.2) is 0 Å². The second-order valence-electron chi connectivity index (χ2n) is 8.59. The van der Waals surface area contributed by atoms with Crippen LogP contribution in [0.25, 0.3) is 0 Å². The van der Waals surface area contributed by atoms with Crippen molar-refractivity contribution in [3.63, 3.8) is 0 Å². The summed E-state index contributed by atoms with van der Waals surface area (Å²) >= 11 is 5.85. The number of hydrogen-bond donors (Lipinski definition) is 1. The molecule has 0 unspecified atom stereocenters. The zero-order valence-electron chi connectivity index (χ0n) is 18.4. The van der Waals surface area contributed by atoms with E-state index in [1.165, 1.54) is 17.7 Å². The summed E-state index contributed by atoms with van der Waals surface area (Å²) in [6, 6.07) is 6.28. The summed E-state index contributed by atoms with van der Waals surface area (Å²) in [6.45, 7) is 1.78. The van der Waals surface area contributed by atoms with Crippen LogP contribution in [-0.2, 0) is 6.18 Å². The maximum absolute atomic E-state index is 13.3. The molecular formula is C23H25ClF3N5O2. The molecule has 1 saturated carbocycles. The highest BCUT2D eigenvalue weighted by Gasteiger charge is 2.37. The first-order valence-corrected chi connectivity index (χ1v) is 11.6. The van der Waals surface area contributed by atoms with Crippen molar-refractivity contribution in [3.05, 3.63) is 52.2 Å². The minimum atomic E-state index is -4.65. The summed E-state index contributed by atoms with van der Waals surface area (Å²) in [7, 11) is 0. The van der Waals surface area contributed by atoms with E-state index in [9.17, 15) is 22.8 Å². The maximum atomic E-state index is 13.3. The number of anilines is 1. The summed E-state index contributed by atoms with van der Waals surface area (Å²) in [5.74, 6) is 0.376. The first-order valence-electron chi connectivity index (χ1n) is 11.3. The van der Waals surface area contributed by atoms with Crippen LogP contribution >= 0.6 is 11.6 Å². The van der Waals surface area contributed by atoms with Crippen LogP contribution < -0.4 is 10.2 Å². The van der Waals surface area contributed by atoms with E-state index in [1.54, 1.807) is 12.1 Å². The minimum Gasteiger partial charge on any atom is -0.352 e. The largest absolute Gasteiger partial charge is 0.417 e. The number of benzene rings is 1. The van der Waals surface area contributed by atoms with Gasteiger partial charge in [0, 0.05) is 37.7 Å². The highest BCUT2D eigenvalue weighted by atomic mass is 35.5. The van der Waals surface area contributed by atoms with Gasteiger partial charge in [0.1, 0.15) is 0 Å². The summed E-state index contributed by atoms with van der Waals surface area (Å²) in [5, 5.41) is 11.0. The molecule has 1 saturated heterocycles. The molecule has 182 valence electrons. The monoisotopic (exact) mass is 495 g/mol. The van der Waals surface area contributed by atoms with E-state index < -0.39 is 23.2 Å². The first-order chi connectivity index (χ1) is 16.2. The van der Waals surface area contributed by atoms with Crippen LogP contribution in [0.3, 0.4) is 0 Å². The number of nitrogens with zero attached hydrogens (tertiary/aromatic N) is 4. The van der Waals surface area contributed by atoms with Crippen molar-refractivity contribution >= 4 is 29.2 Å². The van der Waals surface area contributed by atoms with Crippen LogP contribution in [0.2, 0.25) is 5.02 Å². The summed E-state index contributed by atoms with van der Waals surface area (Å²) in [6.07, 6.45) is 0.00797. The van der Waals surface area contributed by atoms with Crippen molar-refractivity contribution in [3.8, 4) is 0 Å². The Morgan fingerprint density at radius 1 is 1.06 bits per heavy atom. The number of aromatic nitrogens is 2. The molecule has 1 aliphatic carbocycles. The zero-order chi connectivity index (χ0) is 24.3. The Bertz CT molecular complexity index is 1040. The van der Waals surface area contributed by atoms with E-state index in [1.807, 2.05) is 4.90 Å². The van der Waals surface area contributed by atoms with Crippen molar-refractivity contribution < 1.29 is 22.8 Å². The Kier molecular flexibility index (Phi) is 7.25. The third-order valence-electron chi connectivity index (χ3n) is 6.06. The molecule has 0 bridgehead atoms. The number of nitrogens with one attached hydrogen (secondary N) is 1. The van der Waals surface area contributed by atoms with Crippen LogP contribution in [0.1, 0.15) is 52.1 Å². The number of alkyl halides is 3. The first kappa shape index (κ1) is 24.3. The topological polar surface area (TPSA) is 78.4 Å². The average molecular weight is 496 g/mol. The Balaban J connectivity index is 1.32. The molecule has 11 heteroatoms. The van der Waals surface area contributed by atoms with Gasteiger partial charge < -0.3 is 15.1 Å². The predicted octanol–water partition coefficient (Wildman–Crippen LogP) is 4.03. The van der Waals surface area contributed by atoms with Gasteiger partial charge in [-0.15, -0.1) is 10.2 Å². The second kappa shape index (κ2) is 10.2. The SMILES string of the molecule is O=C(NCCCC1CC1)c1ccc(N2CCN(C(=O)c3cc(Cl)ccc3C(F)(F)F)CC2)nn1. The molecule has 2 amide bonds. The van der Waals surface area contributed by atoms with Gasteiger partial charge in [0.25, 0.3) is 11.8 Å². The number of carbonyl (C=O) groups is 2. The number of hydrogen-bond acceptors (Lipinski definition) is 5. The molecule has 34 heavy (non-hydrogen) atoms. The quantitative estimate of drug-likeness (QED) is 0.587. The van der Waals surface area contributed by atoms with Crippen LogP contribution in [0.4, 0.5) is 19.0 Å². The molecule has 2 aliphatic rings. The van der Waals surface area contributed by atoms with Crippen LogP contribution in [0.5, 0.6) is 0 Å². The lowest BCUT2D eigenvalue weighted by Gasteiger charge is -2.35. The Morgan fingerprint density at radius 3 is 2.41 bits per heavy atom. The number of amides is 2. The van der Waals surface area contributed by atoms with Gasteiger partial charge in [-0.3, -0.25) is 9.59 Å². The van der Waals surface area contributed by atoms with E-state index in [2.05, 4.69) is 15.5 Å². The molecule has 7 nitrogen and oxygen atoms in total. The molecule has 2 heterocycles. The van der Waals surface area contributed by atoms with Crippen molar-refractivity contribution in [1.82, 2.24) is 20.4 Å². The molecule has 0 atom stereocenters. The molecule has 4 rings (SSSR count). The van der Waals surface area contributed by atoms with Gasteiger partial charge in [-0.05, 0) is 49.1 Å². The van der Waals surface area contributed by atoms with Crippen molar-refractivity contribution in [1.29, 1.82) is 0 Å². The molecule has 1 aromatic carbocycles. The third-order valence-corrected chi connectivity index (χ3v) is 6.30. The number of rotatable bonds is 7. The van der Waals surface area contributed by atoms with Gasteiger partial charge in [-0.2, -0.15) is 13.2 Å². The van der Waals surface area contributed by atoms with Gasteiger partial charge in [-0.1, -0.05) is 24.4 Å². The van der Waals surface area contributed by atoms with Crippen molar-refractivity contribution in [2.75, 3.05) is 37.6 Å². The van der Waals surface area contributed by atoms with Crippen molar-refractivity contribution in [2.45, 2.75) is 31.9 Å². The summed E-state index contributed by atoms with van der Waals surface area (Å²) < 4.78 is 40.0. The summed E-state index contributed by atoms with van der Waals surface area (Å²) in [4.78, 5) is 28.3. The zero-order valence-corrected chi connectivity index (χ0v) is 19.2. The molecule has 0 spiro atoms. The Morgan fingerprint density at radius 2 is 1.79 bits per heavy atom. The van der Waals surface area contributed by atoms with E-state index in [-0.39, 0.29) is 29.7 Å². The smallest absolute Gasteiger partial charge is 0.352 e. The fourth-order valence-electron chi connectivity index (χ4n) is 3.95. The van der Waals surface area contributed by atoms with Gasteiger partial charge >= 0.3 is 6.18 Å². The van der Waals surface area contributed by atoms with E-state index in [4.69, 9.17) is 11.6 Å². The normalized spacial score (nSPS) is 16.5. The Hall–Kier alpha value is -2.88. The number of halogens is 4. The van der Waals surface area contributed by atoms with Gasteiger partial charge in [0.2, 0.25) is 0 Å². The lowest BCUT2D eigenvalue weighted by molar-refractivity contribution is -0.138. The van der Waals surface area contributed by atoms with Crippen LogP contribution in [0.15, 0.2) is 30.3 Å². The Labute approximate surface area is 200 Å². The maximum Gasteiger partial charge on any atom is 0.417 e. The molecule has 2 aromatic rings. The fraction of sp³-hybridized carbons (Fsp3) is 0.478. The summed E-state index contributed by atoms with van der Waals surface area (Å²) in [5.41, 5.74) is -1.23. The number of piperazine rings is 1. The third kappa shape index (κ3) is 5.97. The van der Waals surface area contributed by atoms with Crippen LogP contribution in [-0.4, -0.2) is 59.6 Å². The van der Waals surface area contributed by atoms with Crippen molar-refractivity contribution in [2.24, 2.45) is 5.92 Å². The van der Waals surface area contributed by atoms with E-state index in [0.29, 0.717) is 25.5 Å². The van der Waals surface area contributed by atoms with Gasteiger partial charge in [0.15, 0.2) is 11.5 Å². The lowest BCUT2D eigenvalue weighted by Crippen LogP contribution is -2.49. The second-order valence-corrected chi connectivity index (χ2v) is 9.02. The molecular weight excluding hydrogens is 471 g/mol. The fourth-order valence-corrected chi connectivity index (χ4v) is 4.13. The van der Waals surface area contributed by atoms with Gasteiger partial charge in [0.05, 0.1) is 11.1 Å². The highest BCUT2D eigenvalue weighted by molar-refractivity contribution is 6.31. The highest BCUT2D eigenvalue weighted by Crippen LogP contribution is 2.34. The van der Waals surface area contributed by atoms with E-state index >= 15 is 0 Å². The molecule has 2 fully saturated rings. The van der Waals surface area contributed by atoms with E-state index in [0.717, 1.165) is 37.0 Å². The molecule has 0 radical (unpaired) electrons.